The molecule has 0 aliphatic carbocycles. The third kappa shape index (κ3) is 1.89. The van der Waals surface area contributed by atoms with E-state index in [1.54, 1.807) is 0 Å². The third-order valence-corrected chi connectivity index (χ3v) is 2.83. The molecule has 98 valence electrons. The molecule has 1 heterocycles. The highest BCUT2D eigenvalue weighted by Crippen LogP contribution is 2.23. The van der Waals surface area contributed by atoms with Crippen molar-refractivity contribution in [1.82, 2.24) is 4.90 Å². The smallest absolute Gasteiger partial charge is 0.335 e. The SMILES string of the molecule is NCC(=O)N1C(=O)c2ccccc2C(=O)[C@H]1C(=O)O. The Morgan fingerprint density at radius 3 is 2.32 bits per heavy atom. The molecule has 1 aromatic rings. The molecule has 1 aliphatic rings. The fraction of sp³-hybridized carbons (Fsp3) is 0.167. The molecule has 1 atom stereocenters. The fourth-order valence-electron chi connectivity index (χ4n) is 1.97. The summed E-state index contributed by atoms with van der Waals surface area (Å²) in [5.74, 6) is -4.09. The van der Waals surface area contributed by atoms with Crippen LogP contribution in [0.4, 0.5) is 0 Å². The number of aliphatic carboxylic acids is 1. The second-order valence-corrected chi connectivity index (χ2v) is 3.92. The first-order valence-corrected chi connectivity index (χ1v) is 5.41. The molecule has 0 unspecified atom stereocenters. The minimum atomic E-state index is -1.85. The number of nitrogens with two attached hydrogens (primary N) is 1. The van der Waals surface area contributed by atoms with Crippen molar-refractivity contribution in [1.29, 1.82) is 0 Å². The lowest BCUT2D eigenvalue weighted by Crippen LogP contribution is -2.57. The van der Waals surface area contributed by atoms with Crippen molar-refractivity contribution in [2.75, 3.05) is 6.54 Å². The number of fused-ring (bicyclic) bond motifs is 1. The van der Waals surface area contributed by atoms with Gasteiger partial charge in [0.25, 0.3) is 5.91 Å². The van der Waals surface area contributed by atoms with Crippen molar-refractivity contribution >= 4 is 23.6 Å². The predicted octanol–water partition coefficient (Wildman–Crippen LogP) is -0.736. The molecule has 0 saturated heterocycles. The van der Waals surface area contributed by atoms with E-state index in [1.165, 1.54) is 24.3 Å². The highest BCUT2D eigenvalue weighted by molar-refractivity contribution is 6.25. The van der Waals surface area contributed by atoms with Gasteiger partial charge in [-0.3, -0.25) is 19.3 Å². The molecular formula is C12H10N2O5. The maximum Gasteiger partial charge on any atom is 0.335 e. The van der Waals surface area contributed by atoms with Gasteiger partial charge in [0, 0.05) is 5.56 Å². The molecule has 3 N–H and O–H groups in total. The first-order chi connectivity index (χ1) is 8.99. The number of Topliss-reactive ketones (excluding diaryl/α,β-unsaturated/α-hetero) is 1. The van der Waals surface area contributed by atoms with Gasteiger partial charge < -0.3 is 10.8 Å². The number of carboxylic acids is 1. The van der Waals surface area contributed by atoms with E-state index in [-0.39, 0.29) is 11.1 Å². The van der Waals surface area contributed by atoms with Crippen LogP contribution in [0, 0.1) is 0 Å². The van der Waals surface area contributed by atoms with Gasteiger partial charge in [-0.05, 0) is 6.07 Å². The maximum atomic E-state index is 12.1. The number of hydrogen-bond donors (Lipinski definition) is 2. The number of carboxylic acid groups (broad SMARTS) is 1. The Balaban J connectivity index is 2.63. The van der Waals surface area contributed by atoms with Crippen LogP contribution < -0.4 is 5.73 Å². The summed E-state index contributed by atoms with van der Waals surface area (Å²) in [5, 5.41) is 9.06. The number of amides is 2. The number of benzene rings is 1. The predicted molar refractivity (Wildman–Crippen MR) is 62.4 cm³/mol. The Labute approximate surface area is 107 Å². The number of hydrogen-bond acceptors (Lipinski definition) is 5. The second-order valence-electron chi connectivity index (χ2n) is 3.92. The molecule has 0 fully saturated rings. The number of carbonyl (C=O) groups is 4. The molecule has 2 rings (SSSR count). The zero-order valence-corrected chi connectivity index (χ0v) is 9.70. The lowest BCUT2D eigenvalue weighted by Gasteiger charge is -2.30. The van der Waals surface area contributed by atoms with E-state index in [4.69, 9.17) is 10.8 Å². The topological polar surface area (TPSA) is 118 Å². The van der Waals surface area contributed by atoms with E-state index < -0.39 is 36.2 Å². The van der Waals surface area contributed by atoms with Crippen LogP contribution in [-0.4, -0.2) is 46.2 Å². The third-order valence-electron chi connectivity index (χ3n) is 2.83. The molecule has 19 heavy (non-hydrogen) atoms. The molecule has 0 bridgehead atoms. The molecule has 1 aromatic carbocycles. The number of nitrogens with zero attached hydrogens (tertiary/aromatic N) is 1. The summed E-state index contributed by atoms with van der Waals surface area (Å²) in [6, 6.07) is 3.91. The van der Waals surface area contributed by atoms with E-state index in [2.05, 4.69) is 0 Å². The van der Waals surface area contributed by atoms with Crippen molar-refractivity contribution < 1.29 is 24.3 Å². The Morgan fingerprint density at radius 1 is 1.21 bits per heavy atom. The van der Waals surface area contributed by atoms with Crippen molar-refractivity contribution in [2.45, 2.75) is 6.04 Å². The number of rotatable bonds is 2. The first kappa shape index (κ1) is 12.9. The van der Waals surface area contributed by atoms with E-state index >= 15 is 0 Å². The van der Waals surface area contributed by atoms with Crippen molar-refractivity contribution in [3.8, 4) is 0 Å². The highest BCUT2D eigenvalue weighted by atomic mass is 16.4. The molecule has 7 heteroatoms. The van der Waals surface area contributed by atoms with Gasteiger partial charge in [0.05, 0.1) is 12.1 Å². The summed E-state index contributed by atoms with van der Waals surface area (Å²) in [7, 11) is 0. The molecule has 1 aliphatic heterocycles. The second kappa shape index (κ2) is 4.62. The van der Waals surface area contributed by atoms with Gasteiger partial charge in [-0.25, -0.2) is 4.79 Å². The zero-order valence-electron chi connectivity index (χ0n) is 9.70. The average molecular weight is 262 g/mol. The number of imide groups is 1. The molecule has 0 spiro atoms. The van der Waals surface area contributed by atoms with Gasteiger partial charge in [-0.15, -0.1) is 0 Å². The molecule has 2 amide bonds. The van der Waals surface area contributed by atoms with Gasteiger partial charge in [-0.2, -0.15) is 0 Å². The fourth-order valence-corrected chi connectivity index (χ4v) is 1.97. The van der Waals surface area contributed by atoms with Crippen LogP contribution in [-0.2, 0) is 9.59 Å². The Hall–Kier alpha value is -2.54. The zero-order chi connectivity index (χ0) is 14.2. The van der Waals surface area contributed by atoms with Crippen LogP contribution in [0.1, 0.15) is 20.7 Å². The molecule has 0 aromatic heterocycles. The molecule has 0 saturated carbocycles. The molecule has 7 nitrogen and oxygen atoms in total. The van der Waals surface area contributed by atoms with E-state index in [1.807, 2.05) is 0 Å². The summed E-state index contributed by atoms with van der Waals surface area (Å²) in [4.78, 5) is 47.3. The normalized spacial score (nSPS) is 18.2. The van der Waals surface area contributed by atoms with Crippen LogP contribution in [0.25, 0.3) is 0 Å². The van der Waals surface area contributed by atoms with Crippen LogP contribution in [0.5, 0.6) is 0 Å². The molecular weight excluding hydrogens is 252 g/mol. The number of carbonyl (C=O) groups excluding carboxylic acids is 3. The Bertz CT molecular complexity index is 596. The molecule has 0 radical (unpaired) electrons. The van der Waals surface area contributed by atoms with Gasteiger partial charge >= 0.3 is 5.97 Å². The van der Waals surface area contributed by atoms with Crippen molar-refractivity contribution in [3.63, 3.8) is 0 Å². The monoisotopic (exact) mass is 262 g/mol. The lowest BCUT2D eigenvalue weighted by molar-refractivity contribution is -0.145. The Morgan fingerprint density at radius 2 is 1.79 bits per heavy atom. The minimum absolute atomic E-state index is 0.000899. The van der Waals surface area contributed by atoms with E-state index in [0.29, 0.717) is 4.90 Å². The lowest BCUT2D eigenvalue weighted by atomic mass is 9.92. The summed E-state index contributed by atoms with van der Waals surface area (Å²) in [6.07, 6.45) is 0. The average Bonchev–Trinajstić information content (AvgIpc) is 2.41. The standard InChI is InChI=1S/C12H10N2O5/c13-5-8(15)14-9(12(18)19)10(16)6-3-1-2-4-7(6)11(14)17/h1-4,9H,5,13H2,(H,18,19)/t9-/m0/s1. The van der Waals surface area contributed by atoms with Crippen LogP contribution >= 0.6 is 0 Å². The first-order valence-electron chi connectivity index (χ1n) is 5.41. The van der Waals surface area contributed by atoms with Crippen LogP contribution in [0.15, 0.2) is 24.3 Å². The van der Waals surface area contributed by atoms with Crippen LogP contribution in [0.3, 0.4) is 0 Å². The summed E-state index contributed by atoms with van der Waals surface area (Å²) in [5.41, 5.74) is 5.15. The van der Waals surface area contributed by atoms with Gasteiger partial charge in [0.2, 0.25) is 5.91 Å². The summed E-state index contributed by atoms with van der Waals surface area (Å²) in [6.45, 7) is -0.551. The quantitative estimate of drug-likeness (QED) is 0.678. The van der Waals surface area contributed by atoms with E-state index in [9.17, 15) is 19.2 Å². The van der Waals surface area contributed by atoms with Gasteiger partial charge in [0.1, 0.15) is 0 Å². The van der Waals surface area contributed by atoms with Gasteiger partial charge in [0.15, 0.2) is 11.8 Å². The highest BCUT2D eigenvalue weighted by Gasteiger charge is 2.45. The van der Waals surface area contributed by atoms with Crippen LogP contribution in [0.2, 0.25) is 0 Å². The summed E-state index contributed by atoms with van der Waals surface area (Å²) >= 11 is 0. The van der Waals surface area contributed by atoms with Crippen molar-refractivity contribution in [3.05, 3.63) is 35.4 Å². The van der Waals surface area contributed by atoms with E-state index in [0.717, 1.165) is 0 Å². The minimum Gasteiger partial charge on any atom is -0.479 e. The van der Waals surface area contributed by atoms with Crippen molar-refractivity contribution in [2.24, 2.45) is 5.73 Å². The largest absolute Gasteiger partial charge is 0.479 e. The number of ketones is 1. The summed E-state index contributed by atoms with van der Waals surface area (Å²) < 4.78 is 0. The maximum absolute atomic E-state index is 12.1. The van der Waals surface area contributed by atoms with Gasteiger partial charge in [-0.1, -0.05) is 18.2 Å². The Kier molecular flexibility index (Phi) is 3.14.